The summed E-state index contributed by atoms with van der Waals surface area (Å²) in [4.78, 5) is 59.9. The molecule has 3 heterocycles. The number of carbonyl (C=O) groups is 3. The van der Waals surface area contributed by atoms with Crippen molar-refractivity contribution in [2.75, 3.05) is 35.2 Å². The van der Waals surface area contributed by atoms with E-state index >= 15 is 0 Å². The normalized spacial score (nSPS) is 15.6. The summed E-state index contributed by atoms with van der Waals surface area (Å²) in [6, 6.07) is 6.74. The van der Waals surface area contributed by atoms with Gasteiger partial charge in [0.1, 0.15) is 17.6 Å². The minimum absolute atomic E-state index is 0.0346. The summed E-state index contributed by atoms with van der Waals surface area (Å²) in [6.07, 6.45) is 3.00. The van der Waals surface area contributed by atoms with Crippen LogP contribution in [-0.2, 0) is 20.9 Å². The number of benzene rings is 1. The summed E-state index contributed by atoms with van der Waals surface area (Å²) in [5.41, 5.74) is 1.03. The Morgan fingerprint density at radius 1 is 1.20 bits per heavy atom. The van der Waals surface area contributed by atoms with E-state index in [2.05, 4.69) is 25.9 Å². The van der Waals surface area contributed by atoms with Gasteiger partial charge in [0.05, 0.1) is 5.92 Å². The summed E-state index contributed by atoms with van der Waals surface area (Å²) in [5.74, 6) is -0.702. The van der Waals surface area contributed by atoms with Crippen molar-refractivity contribution in [2.45, 2.75) is 33.2 Å². The number of hydrogen-bond donors (Lipinski definition) is 3. The lowest BCUT2D eigenvalue weighted by molar-refractivity contribution is -0.125. The maximum Gasteiger partial charge on any atom is 0.273 e. The van der Waals surface area contributed by atoms with Gasteiger partial charge in [0.25, 0.3) is 5.56 Å². The third-order valence-corrected chi connectivity index (χ3v) is 6.66. The van der Waals surface area contributed by atoms with Gasteiger partial charge in [-0.15, -0.1) is 0 Å². The summed E-state index contributed by atoms with van der Waals surface area (Å²) in [5, 5.41) is 8.90. The molecule has 3 N–H and O–H groups in total. The second-order valence-electron chi connectivity index (χ2n) is 8.32. The molecule has 0 aliphatic carbocycles. The molecule has 1 fully saturated rings. The van der Waals surface area contributed by atoms with Crippen molar-refractivity contribution in [1.82, 2.24) is 19.9 Å². The zero-order chi connectivity index (χ0) is 24.9. The van der Waals surface area contributed by atoms with Crippen molar-refractivity contribution in [2.24, 2.45) is 5.92 Å². The number of anilines is 3. The first-order valence-electron chi connectivity index (χ1n) is 11.4. The van der Waals surface area contributed by atoms with Gasteiger partial charge in [0.2, 0.25) is 17.7 Å². The number of fused-ring (bicyclic) bond motifs is 1. The molecule has 11 nitrogen and oxygen atoms in total. The van der Waals surface area contributed by atoms with Crippen LogP contribution in [0.15, 0.2) is 35.4 Å². The highest BCUT2D eigenvalue weighted by Gasteiger charge is 2.27. The predicted molar refractivity (Wildman–Crippen MR) is 135 cm³/mol. The van der Waals surface area contributed by atoms with Gasteiger partial charge in [-0.3, -0.25) is 23.7 Å². The van der Waals surface area contributed by atoms with Crippen LogP contribution in [0.1, 0.15) is 26.7 Å². The molecule has 184 valence electrons. The van der Waals surface area contributed by atoms with Crippen LogP contribution < -0.4 is 26.4 Å². The Labute approximate surface area is 205 Å². The molecular formula is C23H27N7O4S. The molecule has 0 unspecified atom stereocenters. The van der Waals surface area contributed by atoms with E-state index < -0.39 is 5.91 Å². The first-order chi connectivity index (χ1) is 16.8. The van der Waals surface area contributed by atoms with Gasteiger partial charge in [-0.1, -0.05) is 17.4 Å². The zero-order valence-electron chi connectivity index (χ0n) is 19.5. The molecule has 3 amide bonds. The topological polar surface area (TPSA) is 138 Å². The number of thiazole rings is 1. The number of nitrogens with one attached hydrogen (secondary N) is 3. The summed E-state index contributed by atoms with van der Waals surface area (Å²) in [7, 11) is 0. The van der Waals surface area contributed by atoms with E-state index in [-0.39, 0.29) is 29.8 Å². The van der Waals surface area contributed by atoms with Crippen LogP contribution in [0.25, 0.3) is 10.3 Å². The van der Waals surface area contributed by atoms with Gasteiger partial charge in [0, 0.05) is 37.9 Å². The zero-order valence-corrected chi connectivity index (χ0v) is 20.4. The summed E-state index contributed by atoms with van der Waals surface area (Å²) in [6.45, 7) is 4.96. The Bertz CT molecular complexity index is 1320. The molecule has 1 aliphatic rings. The highest BCUT2D eigenvalue weighted by molar-refractivity contribution is 7.22. The average molecular weight is 498 g/mol. The molecule has 2 aromatic heterocycles. The fraction of sp³-hybridized carbons (Fsp3) is 0.391. The number of piperidine rings is 1. The molecule has 0 spiro atoms. The minimum atomic E-state index is -0.404. The van der Waals surface area contributed by atoms with E-state index in [1.807, 2.05) is 11.8 Å². The second kappa shape index (κ2) is 10.6. The number of carbonyl (C=O) groups excluding carboxylic acids is 3. The van der Waals surface area contributed by atoms with E-state index in [1.165, 1.54) is 29.2 Å². The molecule has 1 atom stereocenters. The standard InChI is InChI=1S/C23H27N7O4S/c1-3-24-21(33)15-6-5-9-29(11-15)23-28-20-19(35-23)22(34)30(13-25-20)12-18(32)27-17-8-4-7-16(10-17)26-14(2)31/h4,7-8,10,13,15H,3,5-6,9,11-12H2,1-2H3,(H,24,33)(H,26,31)(H,27,32)/t15-/m1/s1. The lowest BCUT2D eigenvalue weighted by Gasteiger charge is -2.31. The van der Waals surface area contributed by atoms with Gasteiger partial charge in [-0.25, -0.2) is 4.98 Å². The Balaban J connectivity index is 1.47. The molecule has 1 saturated heterocycles. The highest BCUT2D eigenvalue weighted by Crippen LogP contribution is 2.29. The largest absolute Gasteiger partial charge is 0.356 e. The number of rotatable bonds is 7. The van der Waals surface area contributed by atoms with E-state index in [0.29, 0.717) is 39.9 Å². The third kappa shape index (κ3) is 5.83. The first kappa shape index (κ1) is 24.3. The first-order valence-corrected chi connectivity index (χ1v) is 12.2. The monoisotopic (exact) mass is 497 g/mol. The number of amides is 3. The van der Waals surface area contributed by atoms with E-state index in [9.17, 15) is 19.2 Å². The third-order valence-electron chi connectivity index (χ3n) is 5.57. The Morgan fingerprint density at radius 2 is 1.97 bits per heavy atom. The molecule has 4 rings (SSSR count). The lowest BCUT2D eigenvalue weighted by Crippen LogP contribution is -2.43. The van der Waals surface area contributed by atoms with E-state index in [4.69, 9.17) is 0 Å². The van der Waals surface area contributed by atoms with Crippen LogP contribution in [0.4, 0.5) is 16.5 Å². The fourth-order valence-electron chi connectivity index (χ4n) is 4.00. The van der Waals surface area contributed by atoms with Gasteiger partial charge >= 0.3 is 0 Å². The van der Waals surface area contributed by atoms with Crippen LogP contribution in [0.3, 0.4) is 0 Å². The quantitative estimate of drug-likeness (QED) is 0.452. The summed E-state index contributed by atoms with van der Waals surface area (Å²) >= 11 is 1.23. The van der Waals surface area contributed by atoms with Crippen molar-refractivity contribution < 1.29 is 14.4 Å². The highest BCUT2D eigenvalue weighted by atomic mass is 32.1. The summed E-state index contributed by atoms with van der Waals surface area (Å²) < 4.78 is 1.61. The van der Waals surface area contributed by atoms with Crippen molar-refractivity contribution in [1.29, 1.82) is 0 Å². The van der Waals surface area contributed by atoms with E-state index in [1.54, 1.807) is 24.3 Å². The van der Waals surface area contributed by atoms with Gasteiger partial charge < -0.3 is 20.9 Å². The van der Waals surface area contributed by atoms with Crippen LogP contribution in [-0.4, -0.2) is 51.9 Å². The Morgan fingerprint density at radius 3 is 2.71 bits per heavy atom. The molecule has 0 bridgehead atoms. The molecule has 1 aliphatic heterocycles. The van der Waals surface area contributed by atoms with Crippen molar-refractivity contribution in [3.8, 4) is 0 Å². The van der Waals surface area contributed by atoms with Gasteiger partial charge in [0.15, 0.2) is 10.8 Å². The van der Waals surface area contributed by atoms with Crippen molar-refractivity contribution in [3.05, 3.63) is 40.9 Å². The molecule has 1 aromatic carbocycles. The van der Waals surface area contributed by atoms with Crippen molar-refractivity contribution >= 4 is 55.9 Å². The smallest absolute Gasteiger partial charge is 0.273 e. The molecular weight excluding hydrogens is 470 g/mol. The lowest BCUT2D eigenvalue weighted by atomic mass is 9.97. The van der Waals surface area contributed by atoms with Crippen LogP contribution in [0.5, 0.6) is 0 Å². The van der Waals surface area contributed by atoms with Crippen LogP contribution in [0, 0.1) is 5.92 Å². The van der Waals surface area contributed by atoms with Gasteiger partial charge in [-0.2, -0.15) is 4.98 Å². The van der Waals surface area contributed by atoms with Crippen LogP contribution in [0.2, 0.25) is 0 Å². The second-order valence-corrected chi connectivity index (χ2v) is 9.29. The molecule has 3 aromatic rings. The van der Waals surface area contributed by atoms with E-state index in [0.717, 1.165) is 19.4 Å². The Hall–Kier alpha value is -3.80. The number of aromatic nitrogens is 3. The van der Waals surface area contributed by atoms with Gasteiger partial charge in [-0.05, 0) is 38.0 Å². The molecule has 12 heteroatoms. The number of nitrogens with zero attached hydrogens (tertiary/aromatic N) is 4. The van der Waals surface area contributed by atoms with Crippen molar-refractivity contribution in [3.63, 3.8) is 0 Å². The molecule has 35 heavy (non-hydrogen) atoms. The molecule has 0 saturated carbocycles. The fourth-order valence-corrected chi connectivity index (χ4v) is 5.00. The average Bonchev–Trinajstić information content (AvgIpc) is 3.26. The maximum atomic E-state index is 13.0. The van der Waals surface area contributed by atoms with Crippen LogP contribution >= 0.6 is 11.3 Å². The SMILES string of the molecule is CCNC(=O)[C@@H]1CCCN(c2nc3ncn(CC(=O)Nc4cccc(NC(C)=O)c4)c(=O)c3s2)C1. The Kier molecular flexibility index (Phi) is 7.39. The number of hydrogen-bond acceptors (Lipinski definition) is 8. The minimum Gasteiger partial charge on any atom is -0.356 e. The predicted octanol–water partition coefficient (Wildman–Crippen LogP) is 1.80. The molecule has 0 radical (unpaired) electrons. The maximum absolute atomic E-state index is 13.0.